The maximum Gasteiger partial charge on any atom is 0.256 e. The minimum Gasteiger partial charge on any atom is -0.321 e. The van der Waals surface area contributed by atoms with E-state index in [1.165, 1.54) is 12.1 Å². The first-order valence-electron chi connectivity index (χ1n) is 6.10. The number of carbonyl (C=O) groups excluding carboxylic acids is 1. The number of anilines is 1. The van der Waals surface area contributed by atoms with E-state index in [2.05, 4.69) is 5.32 Å². The number of hydrogen-bond donors (Lipinski definition) is 1. The number of nitrogens with zero attached hydrogens (tertiary/aromatic N) is 1. The van der Waals surface area contributed by atoms with Gasteiger partial charge in [0, 0.05) is 5.56 Å². The van der Waals surface area contributed by atoms with Gasteiger partial charge in [-0.15, -0.1) is 0 Å². The summed E-state index contributed by atoms with van der Waals surface area (Å²) in [7, 11) is 0. The Morgan fingerprint density at radius 3 is 2.45 bits per heavy atom. The molecular weight excluding hydrogens is 255 g/mol. The normalized spacial score (nSPS) is 9.90. The standard InChI is InChI=1S/C16H13FN2O/c1-10-4-3-5-11(2)15(10)16(20)19-14-7-6-13(17)8-12(14)9-18/h3-8H,1-2H3,(H,19,20). The first-order chi connectivity index (χ1) is 9.52. The first kappa shape index (κ1) is 13.8. The van der Waals surface area contributed by atoms with Gasteiger partial charge in [-0.2, -0.15) is 5.26 Å². The Balaban J connectivity index is 2.36. The number of nitrogens with one attached hydrogen (secondary N) is 1. The molecular formula is C16H13FN2O. The average Bonchev–Trinajstić information content (AvgIpc) is 2.40. The zero-order valence-electron chi connectivity index (χ0n) is 11.2. The fourth-order valence-electron chi connectivity index (χ4n) is 2.08. The smallest absolute Gasteiger partial charge is 0.256 e. The van der Waals surface area contributed by atoms with Gasteiger partial charge < -0.3 is 5.32 Å². The van der Waals surface area contributed by atoms with Gasteiger partial charge in [0.25, 0.3) is 5.91 Å². The maximum atomic E-state index is 13.1. The molecule has 1 amide bonds. The molecule has 100 valence electrons. The van der Waals surface area contributed by atoms with Gasteiger partial charge in [0.2, 0.25) is 0 Å². The molecule has 0 unspecified atom stereocenters. The van der Waals surface area contributed by atoms with Crippen molar-refractivity contribution in [3.05, 3.63) is 64.5 Å². The molecule has 2 rings (SSSR count). The number of nitriles is 1. The number of hydrogen-bond acceptors (Lipinski definition) is 2. The van der Waals surface area contributed by atoms with Crippen LogP contribution in [0, 0.1) is 31.0 Å². The zero-order chi connectivity index (χ0) is 14.7. The van der Waals surface area contributed by atoms with Crippen molar-refractivity contribution in [1.29, 1.82) is 5.26 Å². The van der Waals surface area contributed by atoms with Crippen LogP contribution in [0.4, 0.5) is 10.1 Å². The van der Waals surface area contributed by atoms with Crippen molar-refractivity contribution in [2.45, 2.75) is 13.8 Å². The van der Waals surface area contributed by atoms with Gasteiger partial charge in [0.15, 0.2) is 0 Å². The van der Waals surface area contributed by atoms with Gasteiger partial charge in [-0.25, -0.2) is 4.39 Å². The van der Waals surface area contributed by atoms with Crippen LogP contribution < -0.4 is 5.32 Å². The number of rotatable bonds is 2. The van der Waals surface area contributed by atoms with Gasteiger partial charge in [-0.3, -0.25) is 4.79 Å². The molecule has 0 spiro atoms. The van der Waals surface area contributed by atoms with Crippen LogP contribution in [0.5, 0.6) is 0 Å². The lowest BCUT2D eigenvalue weighted by Crippen LogP contribution is -2.15. The summed E-state index contributed by atoms with van der Waals surface area (Å²) in [5.74, 6) is -0.810. The van der Waals surface area contributed by atoms with Crippen LogP contribution in [0.1, 0.15) is 27.0 Å². The molecule has 0 aliphatic rings. The Labute approximate surface area is 116 Å². The lowest BCUT2D eigenvalue weighted by molar-refractivity contribution is 0.102. The fourth-order valence-corrected chi connectivity index (χ4v) is 2.08. The second-order valence-electron chi connectivity index (χ2n) is 4.52. The highest BCUT2D eigenvalue weighted by Crippen LogP contribution is 2.19. The van der Waals surface area contributed by atoms with E-state index < -0.39 is 5.82 Å². The molecule has 0 fully saturated rings. The predicted octanol–water partition coefficient (Wildman–Crippen LogP) is 3.57. The first-order valence-corrected chi connectivity index (χ1v) is 6.10. The molecule has 0 saturated heterocycles. The monoisotopic (exact) mass is 268 g/mol. The van der Waals surface area contributed by atoms with Gasteiger partial charge >= 0.3 is 0 Å². The fraction of sp³-hybridized carbons (Fsp3) is 0.125. The molecule has 0 aliphatic carbocycles. The van der Waals surface area contributed by atoms with Gasteiger partial charge in [-0.1, -0.05) is 18.2 Å². The SMILES string of the molecule is Cc1cccc(C)c1C(=O)Nc1ccc(F)cc1C#N. The molecule has 4 heteroatoms. The maximum absolute atomic E-state index is 13.1. The number of benzene rings is 2. The molecule has 0 aliphatic heterocycles. The molecule has 0 bridgehead atoms. The molecule has 2 aromatic carbocycles. The summed E-state index contributed by atoms with van der Waals surface area (Å²) < 4.78 is 13.1. The Bertz CT molecular complexity index is 697. The molecule has 20 heavy (non-hydrogen) atoms. The summed E-state index contributed by atoms with van der Waals surface area (Å²) in [4.78, 5) is 12.3. The van der Waals surface area contributed by atoms with Crippen molar-refractivity contribution in [2.24, 2.45) is 0 Å². The molecule has 0 heterocycles. The summed E-state index contributed by atoms with van der Waals surface area (Å²) >= 11 is 0. The van der Waals surface area contributed by atoms with Crippen molar-refractivity contribution >= 4 is 11.6 Å². The van der Waals surface area contributed by atoms with Gasteiger partial charge in [0.05, 0.1) is 11.3 Å². The molecule has 0 radical (unpaired) electrons. The van der Waals surface area contributed by atoms with Crippen LogP contribution in [0.3, 0.4) is 0 Å². The minimum atomic E-state index is -0.508. The number of aryl methyl sites for hydroxylation is 2. The Morgan fingerprint density at radius 1 is 1.20 bits per heavy atom. The van der Waals surface area contributed by atoms with Crippen LogP contribution in [-0.4, -0.2) is 5.91 Å². The summed E-state index contributed by atoms with van der Waals surface area (Å²) in [6.45, 7) is 3.69. The van der Waals surface area contributed by atoms with Crippen molar-refractivity contribution in [3.63, 3.8) is 0 Å². The molecule has 0 aromatic heterocycles. The summed E-state index contributed by atoms with van der Waals surface area (Å²) in [6, 6.07) is 11.1. The summed E-state index contributed by atoms with van der Waals surface area (Å²) in [5, 5.41) is 11.6. The third-order valence-electron chi connectivity index (χ3n) is 3.06. The van der Waals surface area contributed by atoms with E-state index in [0.29, 0.717) is 11.3 Å². The van der Waals surface area contributed by atoms with E-state index in [4.69, 9.17) is 5.26 Å². The lowest BCUT2D eigenvalue weighted by Gasteiger charge is -2.11. The number of amides is 1. The summed E-state index contributed by atoms with van der Waals surface area (Å²) in [5.41, 5.74) is 2.68. The van der Waals surface area contributed by atoms with E-state index >= 15 is 0 Å². The van der Waals surface area contributed by atoms with Crippen molar-refractivity contribution in [3.8, 4) is 6.07 Å². The third kappa shape index (κ3) is 2.67. The van der Waals surface area contributed by atoms with E-state index in [0.717, 1.165) is 17.2 Å². The highest BCUT2D eigenvalue weighted by atomic mass is 19.1. The number of carbonyl (C=O) groups is 1. The predicted molar refractivity (Wildman–Crippen MR) is 75.0 cm³/mol. The van der Waals surface area contributed by atoms with E-state index in [1.807, 2.05) is 38.1 Å². The van der Waals surface area contributed by atoms with Crippen molar-refractivity contribution in [1.82, 2.24) is 0 Å². The highest BCUT2D eigenvalue weighted by Gasteiger charge is 2.14. The topological polar surface area (TPSA) is 52.9 Å². The minimum absolute atomic E-state index is 0.101. The average molecular weight is 268 g/mol. The number of halogens is 1. The molecule has 2 aromatic rings. The molecule has 0 atom stereocenters. The Kier molecular flexibility index (Phi) is 3.81. The van der Waals surface area contributed by atoms with E-state index in [9.17, 15) is 9.18 Å². The second-order valence-corrected chi connectivity index (χ2v) is 4.52. The summed E-state index contributed by atoms with van der Waals surface area (Å²) in [6.07, 6.45) is 0. The van der Waals surface area contributed by atoms with Crippen LogP contribution in [0.15, 0.2) is 36.4 Å². The zero-order valence-corrected chi connectivity index (χ0v) is 11.2. The Morgan fingerprint density at radius 2 is 1.85 bits per heavy atom. The van der Waals surface area contributed by atoms with Crippen LogP contribution >= 0.6 is 0 Å². The van der Waals surface area contributed by atoms with E-state index in [1.54, 1.807) is 0 Å². The second kappa shape index (κ2) is 5.54. The highest BCUT2D eigenvalue weighted by molar-refractivity contribution is 6.06. The quantitative estimate of drug-likeness (QED) is 0.905. The Hall–Kier alpha value is -2.67. The van der Waals surface area contributed by atoms with Crippen LogP contribution in [0.25, 0.3) is 0 Å². The van der Waals surface area contributed by atoms with E-state index in [-0.39, 0.29) is 11.5 Å². The van der Waals surface area contributed by atoms with Crippen LogP contribution in [-0.2, 0) is 0 Å². The van der Waals surface area contributed by atoms with Gasteiger partial charge in [-0.05, 0) is 43.2 Å². The van der Waals surface area contributed by atoms with Crippen LogP contribution in [0.2, 0.25) is 0 Å². The molecule has 3 nitrogen and oxygen atoms in total. The van der Waals surface area contributed by atoms with Gasteiger partial charge in [0.1, 0.15) is 11.9 Å². The largest absolute Gasteiger partial charge is 0.321 e. The third-order valence-corrected chi connectivity index (χ3v) is 3.06. The molecule has 0 saturated carbocycles. The van der Waals surface area contributed by atoms with Crippen molar-refractivity contribution in [2.75, 3.05) is 5.32 Å². The molecule has 1 N–H and O–H groups in total. The lowest BCUT2D eigenvalue weighted by atomic mass is 10.0. The van der Waals surface area contributed by atoms with Crippen molar-refractivity contribution < 1.29 is 9.18 Å².